The zero-order chi connectivity index (χ0) is 24.4. The number of amides is 1. The average molecular weight is 471 g/mol. The number of nitrogens with two attached hydrogens (primary N) is 1. The fourth-order valence-corrected chi connectivity index (χ4v) is 4.39. The van der Waals surface area contributed by atoms with Crippen molar-refractivity contribution in [2.45, 2.75) is 32.1 Å². The Balaban J connectivity index is 1.46. The normalized spacial score (nSPS) is 12.1. The van der Waals surface area contributed by atoms with Gasteiger partial charge in [0.05, 0.1) is 23.5 Å². The first-order valence-electron chi connectivity index (χ1n) is 11.5. The maximum atomic E-state index is 13.6. The van der Waals surface area contributed by atoms with Crippen molar-refractivity contribution in [1.29, 1.82) is 0 Å². The van der Waals surface area contributed by atoms with Gasteiger partial charge in [-0.2, -0.15) is 0 Å². The van der Waals surface area contributed by atoms with E-state index in [1.807, 2.05) is 48.5 Å². The minimum atomic E-state index is -0.980. The Bertz CT molecular complexity index is 1410. The summed E-state index contributed by atoms with van der Waals surface area (Å²) in [5.41, 5.74) is 12.7. The highest BCUT2D eigenvalue weighted by molar-refractivity contribution is 5.92. The molecule has 7 heteroatoms. The van der Waals surface area contributed by atoms with Gasteiger partial charge in [0.25, 0.3) is 0 Å². The molecule has 1 heterocycles. The van der Waals surface area contributed by atoms with E-state index < -0.39 is 11.6 Å². The lowest BCUT2D eigenvalue weighted by molar-refractivity contribution is -0.115. The van der Waals surface area contributed by atoms with Crippen LogP contribution in [-0.2, 0) is 36.9 Å². The number of fused-ring (bicyclic) bond motifs is 3. The van der Waals surface area contributed by atoms with Gasteiger partial charge in [0.15, 0.2) is 17.5 Å². The van der Waals surface area contributed by atoms with Crippen LogP contribution < -0.4 is 11.1 Å². The Hall–Kier alpha value is -4.13. The van der Waals surface area contributed by atoms with Gasteiger partial charge in [0, 0.05) is 11.3 Å². The standard InChI is InChI=1S/C28H24F2N4O/c29-22-11-6-18(14-23(22)30)15-26(35)34-28-25(12-7-17-4-2-1-3-5-17)32-27-21-10-9-20(31)16-19(21)8-13-24(27)33-28/h1-6,9-11,14,16H,7-8,12-13,15,31H2,(H,33,34,35). The zero-order valence-electron chi connectivity index (χ0n) is 19.0. The number of nitrogens with zero attached hydrogens (tertiary/aromatic N) is 2. The number of nitrogens with one attached hydrogen (secondary N) is 1. The molecule has 0 spiro atoms. The van der Waals surface area contributed by atoms with Crippen LogP contribution in [0, 0.1) is 11.6 Å². The summed E-state index contributed by atoms with van der Waals surface area (Å²) in [6.07, 6.45) is 2.68. The van der Waals surface area contributed by atoms with Gasteiger partial charge in [-0.1, -0.05) is 42.5 Å². The van der Waals surface area contributed by atoms with Gasteiger partial charge >= 0.3 is 0 Å². The number of hydrogen-bond acceptors (Lipinski definition) is 4. The van der Waals surface area contributed by atoms with Crippen LogP contribution in [0.25, 0.3) is 11.3 Å². The second-order valence-electron chi connectivity index (χ2n) is 8.69. The van der Waals surface area contributed by atoms with Gasteiger partial charge in [-0.15, -0.1) is 0 Å². The molecule has 0 saturated carbocycles. The number of hydrogen-bond donors (Lipinski definition) is 2. The van der Waals surface area contributed by atoms with Crippen LogP contribution in [0.4, 0.5) is 20.3 Å². The number of benzene rings is 3. The van der Waals surface area contributed by atoms with Crippen molar-refractivity contribution in [2.75, 3.05) is 11.1 Å². The molecule has 3 aromatic carbocycles. The van der Waals surface area contributed by atoms with Crippen molar-refractivity contribution in [1.82, 2.24) is 9.97 Å². The molecule has 0 saturated heterocycles. The highest BCUT2D eigenvalue weighted by atomic mass is 19.2. The maximum absolute atomic E-state index is 13.6. The highest BCUT2D eigenvalue weighted by Gasteiger charge is 2.22. The Morgan fingerprint density at radius 2 is 1.71 bits per heavy atom. The minimum Gasteiger partial charge on any atom is -0.399 e. The molecule has 35 heavy (non-hydrogen) atoms. The largest absolute Gasteiger partial charge is 0.399 e. The van der Waals surface area contributed by atoms with Crippen molar-refractivity contribution in [3.63, 3.8) is 0 Å². The predicted octanol–water partition coefficient (Wildman–Crippen LogP) is 5.07. The molecule has 1 aliphatic carbocycles. The Kier molecular flexibility index (Phi) is 6.23. The van der Waals surface area contributed by atoms with Crippen molar-refractivity contribution in [3.05, 3.63) is 106 Å². The maximum Gasteiger partial charge on any atom is 0.229 e. The number of halogens is 2. The van der Waals surface area contributed by atoms with Crippen molar-refractivity contribution in [3.8, 4) is 11.3 Å². The van der Waals surface area contributed by atoms with Crippen LogP contribution in [0.1, 0.15) is 28.1 Å². The Morgan fingerprint density at radius 3 is 2.51 bits per heavy atom. The van der Waals surface area contributed by atoms with E-state index in [1.54, 1.807) is 0 Å². The molecule has 0 aliphatic heterocycles. The summed E-state index contributed by atoms with van der Waals surface area (Å²) in [6, 6.07) is 19.3. The molecule has 1 aromatic heterocycles. The second kappa shape index (κ2) is 9.62. The third kappa shape index (κ3) is 5.04. The first-order chi connectivity index (χ1) is 17.0. The lowest BCUT2D eigenvalue weighted by Gasteiger charge is -2.21. The summed E-state index contributed by atoms with van der Waals surface area (Å²) in [6.45, 7) is 0. The van der Waals surface area contributed by atoms with Crippen molar-refractivity contribution < 1.29 is 13.6 Å². The van der Waals surface area contributed by atoms with Crippen LogP contribution in [0.3, 0.4) is 0 Å². The SMILES string of the molecule is Nc1ccc2c(c1)CCc1nc(NC(=O)Cc3ccc(F)c(F)c3)c(CCc3ccccc3)nc1-2. The molecule has 4 aromatic rings. The molecule has 176 valence electrons. The van der Waals surface area contributed by atoms with Gasteiger partial charge in [-0.05, 0) is 66.6 Å². The Labute approximate surface area is 202 Å². The molecule has 0 atom stereocenters. The lowest BCUT2D eigenvalue weighted by Crippen LogP contribution is -2.20. The van der Waals surface area contributed by atoms with Crippen LogP contribution in [-0.4, -0.2) is 15.9 Å². The van der Waals surface area contributed by atoms with Crippen molar-refractivity contribution >= 4 is 17.4 Å². The number of aryl methyl sites for hydroxylation is 4. The average Bonchev–Trinajstić information content (AvgIpc) is 2.85. The summed E-state index contributed by atoms with van der Waals surface area (Å²) >= 11 is 0. The fraction of sp³-hybridized carbons (Fsp3) is 0.179. The van der Waals surface area contributed by atoms with Gasteiger partial charge in [0.2, 0.25) is 5.91 Å². The van der Waals surface area contributed by atoms with Crippen molar-refractivity contribution in [2.24, 2.45) is 0 Å². The van der Waals surface area contributed by atoms with E-state index in [1.165, 1.54) is 6.07 Å². The van der Waals surface area contributed by atoms with E-state index in [9.17, 15) is 13.6 Å². The summed E-state index contributed by atoms with van der Waals surface area (Å²) in [5, 5.41) is 2.86. The van der Waals surface area contributed by atoms with Gasteiger partial charge in [0.1, 0.15) is 0 Å². The molecule has 1 aliphatic rings. The fourth-order valence-electron chi connectivity index (χ4n) is 4.39. The molecule has 5 rings (SSSR count). The van der Waals surface area contributed by atoms with Gasteiger partial charge < -0.3 is 11.1 Å². The molecule has 0 fully saturated rings. The summed E-state index contributed by atoms with van der Waals surface area (Å²) in [5.74, 6) is -1.88. The number of anilines is 2. The molecule has 1 amide bonds. The molecular formula is C28H24F2N4O. The Morgan fingerprint density at radius 1 is 0.886 bits per heavy atom. The van der Waals surface area contributed by atoms with Crippen LogP contribution >= 0.6 is 0 Å². The monoisotopic (exact) mass is 470 g/mol. The molecular weight excluding hydrogens is 446 g/mol. The van der Waals surface area contributed by atoms with E-state index >= 15 is 0 Å². The molecule has 0 bridgehead atoms. The van der Waals surface area contributed by atoms with Crippen LogP contribution in [0.15, 0.2) is 66.7 Å². The third-order valence-electron chi connectivity index (χ3n) is 6.16. The van der Waals surface area contributed by atoms with E-state index in [-0.39, 0.29) is 12.3 Å². The van der Waals surface area contributed by atoms with E-state index in [0.29, 0.717) is 35.6 Å². The highest BCUT2D eigenvalue weighted by Crippen LogP contribution is 2.34. The lowest BCUT2D eigenvalue weighted by atomic mass is 9.91. The summed E-state index contributed by atoms with van der Waals surface area (Å²) in [4.78, 5) is 22.6. The van der Waals surface area contributed by atoms with E-state index in [0.717, 1.165) is 53.1 Å². The van der Waals surface area contributed by atoms with E-state index in [2.05, 4.69) is 5.32 Å². The number of carbonyl (C=O) groups is 1. The number of carbonyl (C=O) groups excluding carboxylic acids is 1. The zero-order valence-corrected chi connectivity index (χ0v) is 19.0. The van der Waals surface area contributed by atoms with Gasteiger partial charge in [-0.3, -0.25) is 4.79 Å². The third-order valence-corrected chi connectivity index (χ3v) is 6.16. The van der Waals surface area contributed by atoms with E-state index in [4.69, 9.17) is 15.7 Å². The predicted molar refractivity (Wildman–Crippen MR) is 132 cm³/mol. The number of aromatic nitrogens is 2. The minimum absolute atomic E-state index is 0.101. The van der Waals surface area contributed by atoms with Crippen LogP contribution in [0.2, 0.25) is 0 Å². The van der Waals surface area contributed by atoms with Crippen LogP contribution in [0.5, 0.6) is 0 Å². The second-order valence-corrected chi connectivity index (χ2v) is 8.69. The van der Waals surface area contributed by atoms with Gasteiger partial charge in [-0.25, -0.2) is 18.7 Å². The molecule has 5 nitrogen and oxygen atoms in total. The molecule has 0 unspecified atom stereocenters. The quantitative estimate of drug-likeness (QED) is 0.386. The number of rotatable bonds is 6. The molecule has 0 radical (unpaired) electrons. The molecule has 3 N–H and O–H groups in total. The first-order valence-corrected chi connectivity index (χ1v) is 11.5. The smallest absolute Gasteiger partial charge is 0.229 e. The summed E-state index contributed by atoms with van der Waals surface area (Å²) < 4.78 is 26.8. The first kappa shape index (κ1) is 22.7. The topological polar surface area (TPSA) is 80.9 Å². The number of nitrogen functional groups attached to an aromatic ring is 1. The summed E-state index contributed by atoms with van der Waals surface area (Å²) in [7, 11) is 0.